The van der Waals surface area contributed by atoms with E-state index in [2.05, 4.69) is 35.8 Å². The molecule has 0 spiro atoms. The molecule has 1 aliphatic heterocycles. The van der Waals surface area contributed by atoms with E-state index in [0.29, 0.717) is 5.41 Å². The Morgan fingerprint density at radius 1 is 1.05 bits per heavy atom. The van der Waals surface area contributed by atoms with Crippen LogP contribution in [0.15, 0.2) is 0 Å². The molecule has 0 bridgehead atoms. The number of nitrogens with zero attached hydrogens (tertiary/aromatic N) is 1. The summed E-state index contributed by atoms with van der Waals surface area (Å²) in [5.74, 6) is 0. The fourth-order valence-electron chi connectivity index (χ4n) is 4.23. The standard InChI is InChI=1S/C17H32N2S/c1-14-10-19(11-15(2)20-14)13-17(8-4-3-5-9-17)12-18-16-6-7-16/h14-16,18H,3-13H2,1-2H3. The Hall–Kier alpha value is 0.270. The Morgan fingerprint density at radius 3 is 2.30 bits per heavy atom. The molecule has 0 radical (unpaired) electrons. The predicted octanol–water partition coefficient (Wildman–Crippen LogP) is 3.51. The van der Waals surface area contributed by atoms with Crippen LogP contribution in [0.5, 0.6) is 0 Å². The summed E-state index contributed by atoms with van der Waals surface area (Å²) >= 11 is 2.18. The van der Waals surface area contributed by atoms with E-state index in [1.807, 2.05) is 0 Å². The molecule has 0 amide bonds. The molecule has 20 heavy (non-hydrogen) atoms. The van der Waals surface area contributed by atoms with Gasteiger partial charge in [-0.1, -0.05) is 33.1 Å². The second-order valence-corrected chi connectivity index (χ2v) is 9.55. The second kappa shape index (κ2) is 6.58. The van der Waals surface area contributed by atoms with E-state index in [9.17, 15) is 0 Å². The van der Waals surface area contributed by atoms with Gasteiger partial charge in [0.2, 0.25) is 0 Å². The molecule has 1 N–H and O–H groups in total. The van der Waals surface area contributed by atoms with Crippen molar-refractivity contribution in [2.45, 2.75) is 75.3 Å². The van der Waals surface area contributed by atoms with Crippen LogP contribution in [-0.2, 0) is 0 Å². The first-order valence-electron chi connectivity index (χ1n) is 8.76. The van der Waals surface area contributed by atoms with Crippen LogP contribution in [-0.4, -0.2) is 47.6 Å². The van der Waals surface area contributed by atoms with Crippen molar-refractivity contribution in [1.82, 2.24) is 10.2 Å². The minimum atomic E-state index is 0.586. The topological polar surface area (TPSA) is 15.3 Å². The number of rotatable bonds is 5. The average Bonchev–Trinajstić information content (AvgIpc) is 3.20. The monoisotopic (exact) mass is 296 g/mol. The Balaban J connectivity index is 1.59. The van der Waals surface area contributed by atoms with E-state index < -0.39 is 0 Å². The highest BCUT2D eigenvalue weighted by atomic mass is 32.2. The maximum absolute atomic E-state index is 3.85. The molecule has 0 aromatic carbocycles. The molecule has 3 aliphatic rings. The summed E-state index contributed by atoms with van der Waals surface area (Å²) in [6.45, 7) is 10.1. The smallest absolute Gasteiger partial charge is 0.0149 e. The summed E-state index contributed by atoms with van der Waals surface area (Å²) in [7, 11) is 0. The minimum Gasteiger partial charge on any atom is -0.313 e. The lowest BCUT2D eigenvalue weighted by Gasteiger charge is -2.44. The predicted molar refractivity (Wildman–Crippen MR) is 89.5 cm³/mol. The molecule has 2 unspecified atom stereocenters. The molecular weight excluding hydrogens is 264 g/mol. The van der Waals surface area contributed by atoms with Gasteiger partial charge in [0.15, 0.2) is 0 Å². The lowest BCUT2D eigenvalue weighted by Crippen LogP contribution is -2.50. The summed E-state index contributed by atoms with van der Waals surface area (Å²) in [4.78, 5) is 2.78. The van der Waals surface area contributed by atoms with Gasteiger partial charge < -0.3 is 10.2 Å². The van der Waals surface area contributed by atoms with Gasteiger partial charge in [0.1, 0.15) is 0 Å². The van der Waals surface area contributed by atoms with Crippen LogP contribution in [0.25, 0.3) is 0 Å². The Bertz CT molecular complexity index is 300. The number of nitrogens with one attached hydrogen (secondary N) is 1. The second-order valence-electron chi connectivity index (χ2n) is 7.67. The van der Waals surface area contributed by atoms with Gasteiger partial charge in [0.25, 0.3) is 0 Å². The molecule has 2 saturated carbocycles. The maximum Gasteiger partial charge on any atom is 0.0149 e. The van der Waals surface area contributed by atoms with E-state index in [1.165, 1.54) is 71.1 Å². The van der Waals surface area contributed by atoms with Gasteiger partial charge in [-0.05, 0) is 31.1 Å². The number of thioether (sulfide) groups is 1. The van der Waals surface area contributed by atoms with Gasteiger partial charge in [0.05, 0.1) is 0 Å². The Labute approximate surface area is 129 Å². The summed E-state index contributed by atoms with van der Waals surface area (Å²) in [5, 5.41) is 5.48. The molecule has 0 aromatic rings. The van der Waals surface area contributed by atoms with Crippen LogP contribution in [0.3, 0.4) is 0 Å². The fourth-order valence-corrected chi connectivity index (χ4v) is 5.62. The van der Waals surface area contributed by atoms with Gasteiger partial charge >= 0.3 is 0 Å². The average molecular weight is 297 g/mol. The van der Waals surface area contributed by atoms with Crippen LogP contribution in [0.2, 0.25) is 0 Å². The molecule has 1 saturated heterocycles. The molecule has 3 rings (SSSR count). The van der Waals surface area contributed by atoms with Gasteiger partial charge in [-0.25, -0.2) is 0 Å². The summed E-state index contributed by atoms with van der Waals surface area (Å²) in [5.41, 5.74) is 0.586. The fraction of sp³-hybridized carbons (Fsp3) is 1.00. The van der Waals surface area contributed by atoms with Gasteiger partial charge in [-0.15, -0.1) is 0 Å². The lowest BCUT2D eigenvalue weighted by molar-refractivity contribution is 0.101. The van der Waals surface area contributed by atoms with Crippen molar-refractivity contribution < 1.29 is 0 Å². The minimum absolute atomic E-state index is 0.586. The highest BCUT2D eigenvalue weighted by Gasteiger charge is 2.37. The zero-order valence-corrected chi connectivity index (χ0v) is 14.2. The van der Waals surface area contributed by atoms with Gasteiger partial charge in [-0.2, -0.15) is 11.8 Å². The first-order valence-corrected chi connectivity index (χ1v) is 9.71. The third kappa shape index (κ3) is 4.14. The van der Waals surface area contributed by atoms with E-state index in [0.717, 1.165) is 16.5 Å². The molecule has 1 heterocycles. The first kappa shape index (κ1) is 15.2. The Kier molecular flexibility index (Phi) is 4.99. The van der Waals surface area contributed by atoms with Crippen molar-refractivity contribution >= 4 is 11.8 Å². The van der Waals surface area contributed by atoms with Crippen LogP contribution < -0.4 is 5.32 Å². The largest absolute Gasteiger partial charge is 0.313 e. The molecule has 2 aliphatic carbocycles. The molecular formula is C17H32N2S. The lowest BCUT2D eigenvalue weighted by atomic mass is 9.73. The zero-order valence-electron chi connectivity index (χ0n) is 13.4. The van der Waals surface area contributed by atoms with Crippen molar-refractivity contribution in [3.05, 3.63) is 0 Å². The molecule has 3 heteroatoms. The summed E-state index contributed by atoms with van der Waals surface area (Å²) in [6.07, 6.45) is 10.1. The molecule has 2 nitrogen and oxygen atoms in total. The van der Waals surface area contributed by atoms with Gasteiger partial charge in [-0.3, -0.25) is 0 Å². The van der Waals surface area contributed by atoms with Crippen LogP contribution in [0, 0.1) is 5.41 Å². The van der Waals surface area contributed by atoms with E-state index in [4.69, 9.17) is 0 Å². The van der Waals surface area contributed by atoms with Crippen molar-refractivity contribution in [2.24, 2.45) is 5.41 Å². The Morgan fingerprint density at radius 2 is 1.70 bits per heavy atom. The van der Waals surface area contributed by atoms with E-state index in [1.54, 1.807) is 0 Å². The van der Waals surface area contributed by atoms with Crippen molar-refractivity contribution in [2.75, 3.05) is 26.2 Å². The SMILES string of the molecule is CC1CN(CC2(CNC3CC3)CCCCC2)CC(C)S1. The normalized spacial score (nSPS) is 35.1. The summed E-state index contributed by atoms with van der Waals surface area (Å²) < 4.78 is 0. The zero-order chi connectivity index (χ0) is 14.0. The number of hydrogen-bond acceptors (Lipinski definition) is 3. The third-order valence-corrected chi connectivity index (χ3v) is 6.54. The van der Waals surface area contributed by atoms with Crippen molar-refractivity contribution in [3.63, 3.8) is 0 Å². The third-order valence-electron chi connectivity index (χ3n) is 5.31. The molecule has 116 valence electrons. The highest BCUT2D eigenvalue weighted by Crippen LogP contribution is 2.38. The van der Waals surface area contributed by atoms with Crippen LogP contribution in [0.4, 0.5) is 0 Å². The van der Waals surface area contributed by atoms with Crippen LogP contribution in [0.1, 0.15) is 58.8 Å². The molecule has 2 atom stereocenters. The number of hydrogen-bond donors (Lipinski definition) is 1. The maximum atomic E-state index is 3.85. The molecule has 3 fully saturated rings. The highest BCUT2D eigenvalue weighted by molar-refractivity contribution is 8.00. The molecule has 0 aromatic heterocycles. The van der Waals surface area contributed by atoms with E-state index in [-0.39, 0.29) is 0 Å². The first-order chi connectivity index (χ1) is 9.65. The quantitative estimate of drug-likeness (QED) is 0.836. The summed E-state index contributed by atoms with van der Waals surface area (Å²) in [6, 6.07) is 0.864. The van der Waals surface area contributed by atoms with Crippen molar-refractivity contribution in [1.29, 1.82) is 0 Å². The van der Waals surface area contributed by atoms with Crippen molar-refractivity contribution in [3.8, 4) is 0 Å². The van der Waals surface area contributed by atoms with E-state index >= 15 is 0 Å². The van der Waals surface area contributed by atoms with Crippen LogP contribution >= 0.6 is 11.8 Å². The van der Waals surface area contributed by atoms with Gasteiger partial charge in [0, 0.05) is 42.7 Å².